The van der Waals surface area contributed by atoms with Crippen molar-refractivity contribution >= 4 is 17.2 Å². The lowest BCUT2D eigenvalue weighted by Gasteiger charge is -2.02. The van der Waals surface area contributed by atoms with Crippen LogP contribution in [0.4, 0.5) is 0 Å². The highest BCUT2D eigenvalue weighted by molar-refractivity contribution is 7.80. The van der Waals surface area contributed by atoms with Crippen LogP contribution in [0.25, 0.3) is 0 Å². The molecule has 0 saturated heterocycles. The minimum Gasteiger partial charge on any atom is -0.507 e. The zero-order valence-corrected chi connectivity index (χ0v) is 6.43. The second-order valence-electron chi connectivity index (χ2n) is 1.96. The summed E-state index contributed by atoms with van der Waals surface area (Å²) in [5, 5.41) is 17.6. The molecule has 58 valence electrons. The fourth-order valence-electron chi connectivity index (χ4n) is 0.726. The zero-order chi connectivity index (χ0) is 8.27. The molecule has 11 heavy (non-hydrogen) atoms. The predicted molar refractivity (Wildman–Crippen MR) is 44.7 cm³/mol. The van der Waals surface area contributed by atoms with E-state index >= 15 is 0 Å². The number of aromatic hydroxyl groups is 1. The quantitative estimate of drug-likeness (QED) is 0.434. The van der Waals surface area contributed by atoms with Gasteiger partial charge in [0.05, 0.1) is 5.56 Å². The van der Waals surface area contributed by atoms with Crippen LogP contribution in [-0.2, 0) is 0 Å². The maximum atomic E-state index is 9.17. The van der Waals surface area contributed by atoms with Gasteiger partial charge in [-0.05, 0) is 12.1 Å². The topological polar surface area (TPSA) is 52.5 Å². The summed E-state index contributed by atoms with van der Waals surface area (Å²) in [5.41, 5.74) is 2.21. The number of nitrogens with one attached hydrogen (secondary N) is 1. The van der Waals surface area contributed by atoms with Crippen LogP contribution in [0, 0.1) is 0 Å². The smallest absolute Gasteiger partial charge is 0.134 e. The molecular formula is C7H7NO2S. The molecule has 0 heterocycles. The van der Waals surface area contributed by atoms with Gasteiger partial charge < -0.3 is 5.11 Å². The van der Waals surface area contributed by atoms with Crippen molar-refractivity contribution in [2.24, 2.45) is 0 Å². The summed E-state index contributed by atoms with van der Waals surface area (Å²) in [7, 11) is 0. The van der Waals surface area contributed by atoms with E-state index in [1.807, 2.05) is 0 Å². The lowest BCUT2D eigenvalue weighted by atomic mass is 10.2. The fraction of sp³-hybridized carbons (Fsp3) is 0. The molecule has 3 nitrogen and oxygen atoms in total. The van der Waals surface area contributed by atoms with Gasteiger partial charge in [0.1, 0.15) is 10.7 Å². The highest BCUT2D eigenvalue weighted by Crippen LogP contribution is 2.15. The molecule has 0 saturated carbocycles. The minimum atomic E-state index is 0.0547. The Morgan fingerprint density at radius 1 is 1.36 bits per heavy atom. The molecule has 0 spiro atoms. The summed E-state index contributed by atoms with van der Waals surface area (Å²) in [6.07, 6.45) is 0. The number of hydroxylamine groups is 1. The van der Waals surface area contributed by atoms with Gasteiger partial charge in [-0.15, -0.1) is 0 Å². The first-order chi connectivity index (χ1) is 5.25. The molecule has 0 amide bonds. The average molecular weight is 169 g/mol. The van der Waals surface area contributed by atoms with Gasteiger partial charge in [0.2, 0.25) is 0 Å². The van der Waals surface area contributed by atoms with Crippen LogP contribution in [0.1, 0.15) is 5.56 Å². The third kappa shape index (κ3) is 1.66. The molecule has 0 radical (unpaired) electrons. The van der Waals surface area contributed by atoms with E-state index < -0.39 is 0 Å². The van der Waals surface area contributed by atoms with E-state index in [2.05, 4.69) is 12.2 Å². The van der Waals surface area contributed by atoms with Crippen molar-refractivity contribution in [3.63, 3.8) is 0 Å². The highest BCUT2D eigenvalue weighted by atomic mass is 32.1. The first-order valence-electron chi connectivity index (χ1n) is 2.98. The Morgan fingerprint density at radius 2 is 2.00 bits per heavy atom. The van der Waals surface area contributed by atoms with Crippen molar-refractivity contribution in [1.29, 1.82) is 0 Å². The Morgan fingerprint density at radius 3 is 2.55 bits per heavy atom. The molecule has 1 aromatic rings. The summed E-state index contributed by atoms with van der Waals surface area (Å²) in [4.78, 5) is 0.114. The third-order valence-corrected chi connectivity index (χ3v) is 1.56. The van der Waals surface area contributed by atoms with Crippen LogP contribution in [0.15, 0.2) is 24.3 Å². The molecule has 4 heteroatoms. The van der Waals surface area contributed by atoms with Crippen molar-refractivity contribution in [1.82, 2.24) is 5.48 Å². The van der Waals surface area contributed by atoms with Gasteiger partial charge in [0, 0.05) is 0 Å². The Hall–Kier alpha value is -1.13. The van der Waals surface area contributed by atoms with Gasteiger partial charge in [0.25, 0.3) is 0 Å². The monoisotopic (exact) mass is 169 g/mol. The Balaban J connectivity index is 3.03. The Bertz CT molecular complexity index is 275. The molecule has 0 unspecified atom stereocenters. The zero-order valence-electron chi connectivity index (χ0n) is 5.61. The highest BCUT2D eigenvalue weighted by Gasteiger charge is 2.03. The van der Waals surface area contributed by atoms with Gasteiger partial charge in [-0.25, -0.2) is 0 Å². The standard InChI is InChI=1S/C7H7NO2S/c9-6-4-2-1-3-5(6)7(11)8-10/h1-4,9-10H,(H,8,11). The van der Waals surface area contributed by atoms with Gasteiger partial charge in [-0.2, -0.15) is 0 Å². The van der Waals surface area contributed by atoms with E-state index in [1.165, 1.54) is 6.07 Å². The van der Waals surface area contributed by atoms with Crippen molar-refractivity contribution < 1.29 is 10.3 Å². The lowest BCUT2D eigenvalue weighted by molar-refractivity contribution is 0.237. The molecule has 0 aliphatic heterocycles. The summed E-state index contributed by atoms with van der Waals surface area (Å²) in [6.45, 7) is 0. The molecule has 3 N–H and O–H groups in total. The number of para-hydroxylation sites is 1. The van der Waals surface area contributed by atoms with Gasteiger partial charge in [-0.1, -0.05) is 24.4 Å². The SMILES string of the molecule is ONC(=S)c1ccccc1O. The maximum absolute atomic E-state index is 9.17. The minimum absolute atomic E-state index is 0.0547. The molecule has 1 rings (SSSR count). The van der Waals surface area contributed by atoms with Gasteiger partial charge in [0.15, 0.2) is 0 Å². The maximum Gasteiger partial charge on any atom is 0.134 e. The van der Waals surface area contributed by atoms with E-state index in [4.69, 9.17) is 5.21 Å². The third-order valence-electron chi connectivity index (χ3n) is 1.25. The van der Waals surface area contributed by atoms with Gasteiger partial charge >= 0.3 is 0 Å². The Labute approximate surface area is 69.2 Å². The van der Waals surface area contributed by atoms with E-state index in [1.54, 1.807) is 23.7 Å². The Kier molecular flexibility index (Phi) is 2.40. The number of phenols is 1. The second kappa shape index (κ2) is 3.32. The number of hydrogen-bond acceptors (Lipinski definition) is 3. The lowest BCUT2D eigenvalue weighted by Crippen LogP contribution is -2.17. The molecular weight excluding hydrogens is 162 g/mol. The first kappa shape index (κ1) is 7.97. The molecule has 0 atom stereocenters. The number of phenolic OH excluding ortho intramolecular Hbond substituents is 1. The average Bonchev–Trinajstić information content (AvgIpc) is 2.04. The molecule has 0 fully saturated rings. The van der Waals surface area contributed by atoms with Crippen LogP contribution >= 0.6 is 12.2 Å². The van der Waals surface area contributed by atoms with Crippen LogP contribution < -0.4 is 5.48 Å². The molecule has 1 aromatic carbocycles. The van der Waals surface area contributed by atoms with Crippen LogP contribution in [0.2, 0.25) is 0 Å². The number of benzene rings is 1. The second-order valence-corrected chi connectivity index (χ2v) is 2.37. The van der Waals surface area contributed by atoms with Crippen molar-refractivity contribution in [2.75, 3.05) is 0 Å². The molecule has 0 aromatic heterocycles. The van der Waals surface area contributed by atoms with Crippen molar-refractivity contribution in [3.05, 3.63) is 29.8 Å². The summed E-state index contributed by atoms with van der Waals surface area (Å²) < 4.78 is 0. The van der Waals surface area contributed by atoms with Crippen LogP contribution in [0.3, 0.4) is 0 Å². The number of rotatable bonds is 1. The normalized spacial score (nSPS) is 9.18. The van der Waals surface area contributed by atoms with Crippen LogP contribution in [0.5, 0.6) is 5.75 Å². The summed E-state index contributed by atoms with van der Waals surface area (Å²) in [5.74, 6) is 0.0547. The van der Waals surface area contributed by atoms with Crippen LogP contribution in [-0.4, -0.2) is 15.3 Å². The van der Waals surface area contributed by atoms with Crippen molar-refractivity contribution in [2.45, 2.75) is 0 Å². The predicted octanol–water partition coefficient (Wildman–Crippen LogP) is 1.05. The largest absolute Gasteiger partial charge is 0.507 e. The van der Waals surface area contributed by atoms with Crippen molar-refractivity contribution in [3.8, 4) is 5.75 Å². The fourth-order valence-corrected chi connectivity index (χ4v) is 0.898. The summed E-state index contributed by atoms with van der Waals surface area (Å²) in [6, 6.07) is 6.51. The van der Waals surface area contributed by atoms with Gasteiger partial charge in [-0.3, -0.25) is 10.7 Å². The molecule has 0 bridgehead atoms. The van der Waals surface area contributed by atoms with E-state index in [0.29, 0.717) is 5.56 Å². The van der Waals surface area contributed by atoms with E-state index in [0.717, 1.165) is 0 Å². The van der Waals surface area contributed by atoms with E-state index in [-0.39, 0.29) is 10.7 Å². The molecule has 0 aliphatic carbocycles. The summed E-state index contributed by atoms with van der Waals surface area (Å²) >= 11 is 4.69. The number of hydrogen-bond donors (Lipinski definition) is 3. The number of thiocarbonyl (C=S) groups is 1. The molecule has 0 aliphatic rings. The van der Waals surface area contributed by atoms with E-state index in [9.17, 15) is 5.11 Å². The first-order valence-corrected chi connectivity index (χ1v) is 3.39.